The molecule has 0 aromatic rings. The molecule has 3 fully saturated rings. The zero-order chi connectivity index (χ0) is 25.8. The molecule has 35 heavy (non-hydrogen) atoms. The molecule has 0 heterocycles. The lowest BCUT2D eigenvalue weighted by Crippen LogP contribution is -2.65. The van der Waals surface area contributed by atoms with Gasteiger partial charge in [-0.15, -0.1) is 0 Å². The number of hydrogen-bond donors (Lipinski definition) is 2. The molecule has 2 unspecified atom stereocenters. The van der Waals surface area contributed by atoms with E-state index in [1.807, 2.05) is 13.0 Å². The van der Waals surface area contributed by atoms with Crippen molar-refractivity contribution >= 4 is 11.8 Å². The second kappa shape index (κ2) is 7.24. The predicted octanol–water partition coefficient (Wildman–Crippen LogP) is 6.61. The number of aliphatic carboxylic acids is 1. The smallest absolute Gasteiger partial charge is 0.309 e. The summed E-state index contributed by atoms with van der Waals surface area (Å²) >= 11 is 0. The Bertz CT molecular complexity index is 1110. The molecule has 8 atom stereocenters. The van der Waals surface area contributed by atoms with Crippen LogP contribution in [0.5, 0.6) is 0 Å². The van der Waals surface area contributed by atoms with E-state index in [0.717, 1.165) is 37.7 Å². The predicted molar refractivity (Wildman–Crippen MR) is 133 cm³/mol. The number of carboxylic acids is 1. The lowest BCUT2D eigenvalue weighted by atomic mass is 9.34. The number of hydrogen-bond acceptors (Lipinski definition) is 4. The van der Waals surface area contributed by atoms with E-state index in [9.17, 15) is 25.1 Å². The summed E-state index contributed by atoms with van der Waals surface area (Å²) in [5, 5.41) is 31.0. The molecule has 3 saturated carbocycles. The zero-order valence-electron chi connectivity index (χ0n) is 22.2. The molecule has 5 aliphatic rings. The summed E-state index contributed by atoms with van der Waals surface area (Å²) in [6, 6.07) is 2.24. The van der Waals surface area contributed by atoms with E-state index in [4.69, 9.17) is 0 Å². The van der Waals surface area contributed by atoms with Crippen LogP contribution in [0.3, 0.4) is 0 Å². The van der Waals surface area contributed by atoms with Crippen LogP contribution in [0.1, 0.15) is 92.9 Å². The number of fused-ring (bicyclic) bond motifs is 7. The van der Waals surface area contributed by atoms with Crippen molar-refractivity contribution in [1.29, 1.82) is 5.26 Å². The van der Waals surface area contributed by atoms with Gasteiger partial charge in [0, 0.05) is 11.8 Å². The van der Waals surface area contributed by atoms with Crippen molar-refractivity contribution in [3.63, 3.8) is 0 Å². The van der Waals surface area contributed by atoms with Gasteiger partial charge in [0.1, 0.15) is 5.76 Å². The molecule has 5 heteroatoms. The number of ketones is 1. The Balaban J connectivity index is 1.67. The van der Waals surface area contributed by atoms with Gasteiger partial charge in [-0.05, 0) is 90.9 Å². The normalized spacial score (nSPS) is 48.5. The van der Waals surface area contributed by atoms with Gasteiger partial charge in [0.05, 0.1) is 17.1 Å². The standard InChI is InChI=1S/C30H41NO4/c1-17-19-7-8-28(5)22(27(19,4)14-18(16-31)24(17)33)13-21(32)23-20-15-26(2,3)9-11-30(20,25(34)35)12-10-29(23,28)6/h13,17,19-20,23,33H,7-12,14-15H2,1-6H3,(H,34,35)/t17-,19-,20?,23?,27-,28+,29+,30-/m0/s1. The van der Waals surface area contributed by atoms with Gasteiger partial charge >= 0.3 is 5.97 Å². The second-order valence-corrected chi connectivity index (χ2v) is 14.1. The van der Waals surface area contributed by atoms with E-state index >= 15 is 0 Å². The Labute approximate surface area is 209 Å². The number of nitrogens with zero attached hydrogens (tertiary/aromatic N) is 1. The van der Waals surface area contributed by atoms with Crippen molar-refractivity contribution in [2.45, 2.75) is 92.9 Å². The van der Waals surface area contributed by atoms with Crippen LogP contribution in [0.4, 0.5) is 0 Å². The molecule has 0 radical (unpaired) electrons. The number of aliphatic hydroxyl groups is 1. The topological polar surface area (TPSA) is 98.4 Å². The van der Waals surface area contributed by atoms with Gasteiger partial charge in [-0.25, -0.2) is 0 Å². The summed E-state index contributed by atoms with van der Waals surface area (Å²) in [6.45, 7) is 13.2. The molecule has 0 aliphatic heterocycles. The van der Waals surface area contributed by atoms with E-state index in [-0.39, 0.29) is 56.9 Å². The first-order valence-electron chi connectivity index (χ1n) is 13.5. The highest BCUT2D eigenvalue weighted by molar-refractivity contribution is 5.96. The summed E-state index contributed by atoms with van der Waals surface area (Å²) in [7, 11) is 0. The number of aliphatic hydroxyl groups excluding tert-OH is 1. The SMILES string of the molecule is C[C@@H]1C(O)=C(C#N)C[C@]2(C)C3=CC(=O)C4C5CC(C)(C)CC[C@]5(C(=O)O)CC[C@@]4(C)[C@]3(C)CC[C@@H]12. The Hall–Kier alpha value is -2.09. The van der Waals surface area contributed by atoms with Gasteiger partial charge in [-0.1, -0.05) is 47.1 Å². The fourth-order valence-corrected chi connectivity index (χ4v) is 9.90. The van der Waals surface area contributed by atoms with Crippen molar-refractivity contribution in [1.82, 2.24) is 0 Å². The van der Waals surface area contributed by atoms with Crippen LogP contribution in [0, 0.1) is 62.1 Å². The first kappa shape index (κ1) is 24.6. The number of carbonyl (C=O) groups is 2. The lowest BCUT2D eigenvalue weighted by Gasteiger charge is -2.68. The van der Waals surface area contributed by atoms with Crippen molar-refractivity contribution in [2.75, 3.05) is 0 Å². The van der Waals surface area contributed by atoms with E-state index in [1.165, 1.54) is 0 Å². The summed E-state index contributed by atoms with van der Waals surface area (Å²) < 4.78 is 0. The number of allylic oxidation sites excluding steroid dienone is 4. The number of carboxylic acid groups (broad SMARTS) is 1. The quantitative estimate of drug-likeness (QED) is 0.441. The third-order valence-electron chi connectivity index (χ3n) is 12.2. The molecule has 0 aromatic carbocycles. The van der Waals surface area contributed by atoms with Gasteiger partial charge < -0.3 is 10.2 Å². The average Bonchev–Trinajstić information content (AvgIpc) is 2.77. The Morgan fingerprint density at radius 3 is 2.34 bits per heavy atom. The molecule has 0 bridgehead atoms. The van der Waals surface area contributed by atoms with Crippen molar-refractivity contribution in [3.05, 3.63) is 23.0 Å². The van der Waals surface area contributed by atoms with Crippen LogP contribution in [0.2, 0.25) is 0 Å². The van der Waals surface area contributed by atoms with Gasteiger partial charge in [-0.3, -0.25) is 9.59 Å². The second-order valence-electron chi connectivity index (χ2n) is 14.1. The molecule has 0 aromatic heterocycles. The fraction of sp³-hybridized carbons (Fsp3) is 0.767. The highest BCUT2D eigenvalue weighted by atomic mass is 16.4. The van der Waals surface area contributed by atoms with E-state index in [2.05, 4.69) is 40.7 Å². The van der Waals surface area contributed by atoms with E-state index < -0.39 is 11.4 Å². The highest BCUT2D eigenvalue weighted by Crippen LogP contribution is 2.74. The van der Waals surface area contributed by atoms with E-state index in [0.29, 0.717) is 24.8 Å². The molecular formula is C30H41NO4. The molecule has 190 valence electrons. The van der Waals surface area contributed by atoms with Gasteiger partial charge in [0.15, 0.2) is 5.78 Å². The summed E-state index contributed by atoms with van der Waals surface area (Å²) in [5.74, 6) is -0.774. The van der Waals surface area contributed by atoms with E-state index in [1.54, 1.807) is 0 Å². The molecule has 5 nitrogen and oxygen atoms in total. The first-order valence-corrected chi connectivity index (χ1v) is 13.5. The van der Waals surface area contributed by atoms with Crippen LogP contribution < -0.4 is 0 Å². The Morgan fingerprint density at radius 2 is 1.71 bits per heavy atom. The highest BCUT2D eigenvalue weighted by Gasteiger charge is 2.70. The fourth-order valence-electron chi connectivity index (χ4n) is 9.90. The van der Waals surface area contributed by atoms with Crippen LogP contribution in [0.25, 0.3) is 0 Å². The largest absolute Gasteiger partial charge is 0.511 e. The summed E-state index contributed by atoms with van der Waals surface area (Å²) in [5.41, 5.74) is -0.104. The summed E-state index contributed by atoms with van der Waals surface area (Å²) in [6.07, 6.45) is 7.90. The maximum atomic E-state index is 14.2. The van der Waals surface area contributed by atoms with Gasteiger partial charge in [-0.2, -0.15) is 5.26 Å². The van der Waals surface area contributed by atoms with Crippen LogP contribution in [-0.2, 0) is 9.59 Å². The number of carbonyl (C=O) groups excluding carboxylic acids is 1. The van der Waals surface area contributed by atoms with Crippen LogP contribution in [-0.4, -0.2) is 22.0 Å². The van der Waals surface area contributed by atoms with Crippen LogP contribution >= 0.6 is 0 Å². The minimum absolute atomic E-state index is 0.0273. The minimum Gasteiger partial charge on any atom is -0.511 e. The minimum atomic E-state index is -0.806. The zero-order valence-corrected chi connectivity index (χ0v) is 22.2. The molecule has 5 aliphatic carbocycles. The molecule has 0 spiro atoms. The number of nitriles is 1. The Morgan fingerprint density at radius 1 is 1.06 bits per heavy atom. The monoisotopic (exact) mass is 479 g/mol. The molecule has 0 saturated heterocycles. The molecule has 0 amide bonds. The maximum Gasteiger partial charge on any atom is 0.309 e. The third-order valence-corrected chi connectivity index (χ3v) is 12.2. The van der Waals surface area contributed by atoms with Crippen molar-refractivity contribution in [2.24, 2.45) is 50.7 Å². The molecular weight excluding hydrogens is 438 g/mol. The van der Waals surface area contributed by atoms with Crippen molar-refractivity contribution in [3.8, 4) is 6.07 Å². The average molecular weight is 480 g/mol. The van der Waals surface area contributed by atoms with Gasteiger partial charge in [0.25, 0.3) is 0 Å². The van der Waals surface area contributed by atoms with Crippen molar-refractivity contribution < 1.29 is 19.8 Å². The first-order chi connectivity index (χ1) is 16.2. The van der Waals surface area contributed by atoms with Gasteiger partial charge in [0.2, 0.25) is 0 Å². The lowest BCUT2D eigenvalue weighted by molar-refractivity contribution is -0.188. The third kappa shape index (κ3) is 2.92. The number of rotatable bonds is 1. The maximum absolute atomic E-state index is 14.2. The molecule has 5 rings (SSSR count). The summed E-state index contributed by atoms with van der Waals surface area (Å²) in [4.78, 5) is 26.9. The van der Waals surface area contributed by atoms with Crippen LogP contribution in [0.15, 0.2) is 23.0 Å². The Kier molecular flexibility index (Phi) is 5.09. The molecule has 2 N–H and O–H groups in total.